The third-order valence-corrected chi connectivity index (χ3v) is 5.83. The van der Waals surface area contributed by atoms with Crippen molar-refractivity contribution in [3.8, 4) is 0 Å². The molecule has 1 N–H and O–H groups in total. The Morgan fingerprint density at radius 1 is 1.48 bits per heavy atom. The lowest BCUT2D eigenvalue weighted by Crippen LogP contribution is -2.49. The first-order valence-electron chi connectivity index (χ1n) is 8.32. The molecule has 23 heavy (non-hydrogen) atoms. The molecule has 7 heteroatoms. The van der Waals surface area contributed by atoms with Crippen molar-refractivity contribution in [3.05, 3.63) is 16.6 Å². The van der Waals surface area contributed by atoms with E-state index in [0.717, 1.165) is 30.8 Å². The van der Waals surface area contributed by atoms with Gasteiger partial charge in [0.25, 0.3) is 0 Å². The lowest BCUT2D eigenvalue weighted by molar-refractivity contribution is 0.00269. The first-order valence-corrected chi connectivity index (χ1v) is 9.20. The highest BCUT2D eigenvalue weighted by Crippen LogP contribution is 2.33. The molecule has 1 atom stereocenters. The number of nitrogens with one attached hydrogen (secondary N) is 1. The van der Waals surface area contributed by atoms with E-state index in [4.69, 9.17) is 4.74 Å². The molecule has 2 fully saturated rings. The van der Waals surface area contributed by atoms with Crippen LogP contribution in [-0.2, 0) is 4.74 Å². The Labute approximate surface area is 140 Å². The van der Waals surface area contributed by atoms with Gasteiger partial charge in [-0.1, -0.05) is 0 Å². The minimum absolute atomic E-state index is 0.0553. The number of carbonyl (C=O) groups is 1. The van der Waals surface area contributed by atoms with E-state index in [1.165, 1.54) is 0 Å². The monoisotopic (exact) mass is 341 g/mol. The summed E-state index contributed by atoms with van der Waals surface area (Å²) in [4.78, 5) is 18.9. The van der Waals surface area contributed by atoms with E-state index in [1.54, 1.807) is 17.5 Å². The second kappa shape index (κ2) is 7.57. The van der Waals surface area contributed by atoms with Crippen LogP contribution in [0.5, 0.6) is 0 Å². The fourth-order valence-corrected chi connectivity index (χ4v) is 4.14. The molecule has 3 rings (SSSR count). The van der Waals surface area contributed by atoms with Gasteiger partial charge in [0.15, 0.2) is 0 Å². The minimum atomic E-state index is -0.458. The molecule has 0 bridgehead atoms. The molecule has 0 radical (unpaired) electrons. The summed E-state index contributed by atoms with van der Waals surface area (Å²) in [7, 11) is 0. The SMILES string of the molecule is O=C(NCC1(CF)CCOCC1)N1CCCCC1c1nccs1. The maximum atomic E-state index is 13.5. The molecule has 2 saturated heterocycles. The predicted molar refractivity (Wildman–Crippen MR) is 87.3 cm³/mol. The summed E-state index contributed by atoms with van der Waals surface area (Å²) in [6.07, 6.45) is 6.18. The average Bonchev–Trinajstić information content (AvgIpc) is 3.15. The normalized spacial score (nSPS) is 24.4. The fourth-order valence-electron chi connectivity index (χ4n) is 3.36. The summed E-state index contributed by atoms with van der Waals surface area (Å²) >= 11 is 1.59. The number of urea groups is 1. The second-order valence-electron chi connectivity index (χ2n) is 6.48. The molecule has 0 aliphatic carbocycles. The van der Waals surface area contributed by atoms with Gasteiger partial charge in [0.2, 0.25) is 0 Å². The molecule has 0 saturated carbocycles. The summed E-state index contributed by atoms with van der Waals surface area (Å²) in [5.41, 5.74) is -0.458. The van der Waals surface area contributed by atoms with Gasteiger partial charge in [-0.3, -0.25) is 4.39 Å². The maximum Gasteiger partial charge on any atom is 0.318 e. The third-order valence-electron chi connectivity index (χ3n) is 4.95. The van der Waals surface area contributed by atoms with Gasteiger partial charge in [-0.15, -0.1) is 11.3 Å². The number of aromatic nitrogens is 1. The average molecular weight is 341 g/mol. The van der Waals surface area contributed by atoms with Crippen LogP contribution < -0.4 is 5.32 Å². The summed E-state index contributed by atoms with van der Waals surface area (Å²) in [6, 6.07) is -0.0380. The van der Waals surface area contributed by atoms with E-state index in [0.29, 0.717) is 32.6 Å². The van der Waals surface area contributed by atoms with Crippen molar-refractivity contribution < 1.29 is 13.9 Å². The number of alkyl halides is 1. The number of thiazole rings is 1. The molecule has 2 aliphatic heterocycles. The number of piperidine rings is 1. The van der Waals surface area contributed by atoms with Crippen molar-refractivity contribution in [1.82, 2.24) is 15.2 Å². The Morgan fingerprint density at radius 2 is 2.30 bits per heavy atom. The highest BCUT2D eigenvalue weighted by Gasteiger charge is 2.35. The smallest absolute Gasteiger partial charge is 0.318 e. The van der Waals surface area contributed by atoms with Crippen molar-refractivity contribution in [2.45, 2.75) is 38.1 Å². The number of nitrogens with zero attached hydrogens (tertiary/aromatic N) is 2. The summed E-state index contributed by atoms with van der Waals surface area (Å²) in [5, 5.41) is 5.91. The van der Waals surface area contributed by atoms with Gasteiger partial charge in [0.05, 0.1) is 12.7 Å². The van der Waals surface area contributed by atoms with Gasteiger partial charge >= 0.3 is 6.03 Å². The van der Waals surface area contributed by atoms with Crippen LogP contribution in [0.3, 0.4) is 0 Å². The van der Waals surface area contributed by atoms with Gasteiger partial charge < -0.3 is 15.0 Å². The molecule has 1 unspecified atom stereocenters. The molecule has 128 valence electrons. The van der Waals surface area contributed by atoms with Crippen LogP contribution in [0.15, 0.2) is 11.6 Å². The molecule has 2 aliphatic rings. The largest absolute Gasteiger partial charge is 0.381 e. The predicted octanol–water partition coefficient (Wildman–Crippen LogP) is 3.15. The zero-order valence-corrected chi connectivity index (χ0v) is 14.1. The van der Waals surface area contributed by atoms with E-state index >= 15 is 0 Å². The molecule has 0 aromatic carbocycles. The highest BCUT2D eigenvalue weighted by molar-refractivity contribution is 7.09. The van der Waals surface area contributed by atoms with E-state index in [1.807, 2.05) is 10.3 Å². The molecule has 3 heterocycles. The number of hydrogen-bond donors (Lipinski definition) is 1. The summed E-state index contributed by atoms with van der Waals surface area (Å²) in [5.74, 6) is 0. The third kappa shape index (κ3) is 3.83. The van der Waals surface area contributed by atoms with E-state index in [-0.39, 0.29) is 12.1 Å². The number of carbonyl (C=O) groups excluding carboxylic acids is 1. The van der Waals surface area contributed by atoms with Gasteiger partial charge in [0, 0.05) is 43.3 Å². The van der Waals surface area contributed by atoms with Crippen molar-refractivity contribution in [2.24, 2.45) is 5.41 Å². The maximum absolute atomic E-state index is 13.5. The summed E-state index contributed by atoms with van der Waals surface area (Å²) in [6.45, 7) is 1.86. The zero-order chi connectivity index (χ0) is 16.1. The van der Waals surface area contributed by atoms with Crippen LogP contribution in [-0.4, -0.2) is 48.9 Å². The van der Waals surface area contributed by atoms with Crippen LogP contribution in [0.25, 0.3) is 0 Å². The molecular weight excluding hydrogens is 317 g/mol. The number of hydrogen-bond acceptors (Lipinski definition) is 4. The Bertz CT molecular complexity index is 505. The van der Waals surface area contributed by atoms with E-state index in [9.17, 15) is 9.18 Å². The van der Waals surface area contributed by atoms with E-state index < -0.39 is 12.1 Å². The molecule has 0 spiro atoms. The molecular formula is C16H24FN3O2S. The van der Waals surface area contributed by atoms with Crippen molar-refractivity contribution in [1.29, 1.82) is 0 Å². The minimum Gasteiger partial charge on any atom is -0.381 e. The number of rotatable bonds is 4. The number of halogens is 1. The topological polar surface area (TPSA) is 54.5 Å². The van der Waals surface area contributed by atoms with E-state index in [2.05, 4.69) is 10.3 Å². The summed E-state index contributed by atoms with van der Waals surface area (Å²) < 4.78 is 18.8. The lowest BCUT2D eigenvalue weighted by Gasteiger charge is -2.38. The van der Waals surface area contributed by atoms with Crippen LogP contribution in [0, 0.1) is 5.41 Å². The molecule has 1 aromatic heterocycles. The second-order valence-corrected chi connectivity index (χ2v) is 7.41. The first-order chi connectivity index (χ1) is 11.2. The Hall–Kier alpha value is -1.21. The lowest BCUT2D eigenvalue weighted by atomic mass is 9.81. The molecule has 1 aromatic rings. The first kappa shape index (κ1) is 16.6. The zero-order valence-electron chi connectivity index (χ0n) is 13.3. The number of likely N-dealkylation sites (tertiary alicyclic amines) is 1. The van der Waals surface area contributed by atoms with Gasteiger partial charge in [-0.2, -0.15) is 0 Å². The Balaban J connectivity index is 1.61. The highest BCUT2D eigenvalue weighted by atomic mass is 32.1. The van der Waals surface area contributed by atoms with Crippen LogP contribution in [0.4, 0.5) is 9.18 Å². The fraction of sp³-hybridized carbons (Fsp3) is 0.750. The Morgan fingerprint density at radius 3 is 3.00 bits per heavy atom. The van der Waals surface area contributed by atoms with Crippen molar-refractivity contribution in [2.75, 3.05) is 33.0 Å². The molecule has 5 nitrogen and oxygen atoms in total. The Kier molecular flexibility index (Phi) is 5.48. The van der Waals surface area contributed by atoms with Crippen molar-refractivity contribution in [3.63, 3.8) is 0 Å². The number of amides is 2. The molecule has 2 amide bonds. The quantitative estimate of drug-likeness (QED) is 0.915. The van der Waals surface area contributed by atoms with Crippen LogP contribution in [0.2, 0.25) is 0 Å². The number of ether oxygens (including phenoxy) is 1. The van der Waals surface area contributed by atoms with Crippen LogP contribution >= 0.6 is 11.3 Å². The van der Waals surface area contributed by atoms with Gasteiger partial charge in [-0.05, 0) is 32.1 Å². The van der Waals surface area contributed by atoms with Crippen molar-refractivity contribution >= 4 is 17.4 Å². The standard InChI is InChI=1S/C16H24FN3O2S/c17-11-16(4-8-22-9-5-16)12-19-15(21)20-7-2-1-3-13(20)14-18-6-10-23-14/h6,10,13H,1-5,7-9,11-12H2,(H,19,21). The van der Waals surface area contributed by atoms with Gasteiger partial charge in [-0.25, -0.2) is 9.78 Å². The van der Waals surface area contributed by atoms with Crippen LogP contribution in [0.1, 0.15) is 43.2 Å². The van der Waals surface area contributed by atoms with Gasteiger partial charge in [0.1, 0.15) is 5.01 Å².